The Kier molecular flexibility index (Phi) is 5.46. The van der Waals surface area contributed by atoms with Crippen LogP contribution in [0.5, 0.6) is 0 Å². The summed E-state index contributed by atoms with van der Waals surface area (Å²) in [6.07, 6.45) is 15.2. The van der Waals surface area contributed by atoms with E-state index in [1.54, 1.807) is 12.1 Å². The van der Waals surface area contributed by atoms with E-state index in [0.29, 0.717) is 10.3 Å². The Hall–Kier alpha value is -1.94. The molecule has 0 saturated heterocycles. The van der Waals surface area contributed by atoms with Crippen LogP contribution in [-0.4, -0.2) is 26.7 Å². The minimum absolute atomic E-state index is 0.190. The molecule has 0 bridgehead atoms. The van der Waals surface area contributed by atoms with Crippen LogP contribution in [0, 0.1) is 0 Å². The van der Waals surface area contributed by atoms with Crippen molar-refractivity contribution in [2.75, 3.05) is 0 Å². The number of amidine groups is 1. The summed E-state index contributed by atoms with van der Waals surface area (Å²) in [5.41, 5.74) is 3.91. The molecule has 3 nitrogen and oxygen atoms in total. The Morgan fingerprint density at radius 2 is 1.79 bits per heavy atom. The molecule has 1 radical (unpaired) electrons. The average Bonchev–Trinajstić information content (AvgIpc) is 3.10. The molecule has 0 aromatic heterocycles. The van der Waals surface area contributed by atoms with Crippen molar-refractivity contribution in [3.8, 4) is 0 Å². The van der Waals surface area contributed by atoms with Gasteiger partial charge in [-0.1, -0.05) is 0 Å². The van der Waals surface area contributed by atoms with E-state index in [2.05, 4.69) is 60.5 Å². The van der Waals surface area contributed by atoms with Crippen molar-refractivity contribution in [1.29, 1.82) is 0 Å². The molecular weight excluding hydrogens is 431 g/mol. The van der Waals surface area contributed by atoms with E-state index in [4.69, 9.17) is 0 Å². The Balaban J connectivity index is 1.64. The van der Waals surface area contributed by atoms with Gasteiger partial charge in [-0.15, -0.1) is 0 Å². The van der Waals surface area contributed by atoms with Crippen molar-refractivity contribution in [2.45, 2.75) is 6.42 Å². The third-order valence-electron chi connectivity index (χ3n) is 3.58. The molecule has 1 aromatic rings. The van der Waals surface area contributed by atoms with Gasteiger partial charge in [-0.2, -0.15) is 0 Å². The first-order valence-electron chi connectivity index (χ1n) is 7.40. The second-order valence-corrected chi connectivity index (χ2v) is 6.97. The summed E-state index contributed by atoms with van der Waals surface area (Å²) in [4.78, 5) is 16.6. The number of halogens is 1. The molecule has 119 valence electrons. The van der Waals surface area contributed by atoms with E-state index in [-0.39, 0.29) is 5.91 Å². The van der Waals surface area contributed by atoms with Gasteiger partial charge in [0.2, 0.25) is 0 Å². The first-order chi connectivity index (χ1) is 11.6. The van der Waals surface area contributed by atoms with Crippen LogP contribution in [-0.2, 0) is 0 Å². The van der Waals surface area contributed by atoms with Crippen LogP contribution >= 0.6 is 15.9 Å². The number of nitrogens with zero attached hydrogens (tertiary/aromatic N) is 1. The topological polar surface area (TPSA) is 41.5 Å². The number of hydrogen-bond donors (Lipinski definition) is 1. The predicted molar refractivity (Wildman–Crippen MR) is 102 cm³/mol. The monoisotopic (exact) mass is 445 g/mol. The third kappa shape index (κ3) is 4.32. The van der Waals surface area contributed by atoms with Crippen LogP contribution in [0.4, 0.5) is 0 Å². The summed E-state index contributed by atoms with van der Waals surface area (Å²) in [5.74, 6) is -0.190. The molecular formula is C19H14BrN2OSe. The van der Waals surface area contributed by atoms with Gasteiger partial charge < -0.3 is 0 Å². The number of allylic oxidation sites excluding steroid dienone is 9. The van der Waals surface area contributed by atoms with Crippen LogP contribution < -0.4 is 5.32 Å². The fourth-order valence-electron chi connectivity index (χ4n) is 2.34. The minimum atomic E-state index is -0.190. The summed E-state index contributed by atoms with van der Waals surface area (Å²) in [5, 5.41) is 2.76. The second kappa shape index (κ2) is 7.75. The van der Waals surface area contributed by atoms with Crippen LogP contribution in [0.15, 0.2) is 93.1 Å². The molecule has 1 N–H and O–H groups in total. The van der Waals surface area contributed by atoms with Gasteiger partial charge in [0.25, 0.3) is 0 Å². The van der Waals surface area contributed by atoms with Crippen LogP contribution in [0.2, 0.25) is 0 Å². The summed E-state index contributed by atoms with van der Waals surface area (Å²) in [6, 6.07) is 7.18. The molecule has 3 rings (SSSR count). The first-order valence-corrected chi connectivity index (χ1v) is 9.05. The number of carbonyl (C=O) groups is 1. The number of aliphatic imine (C=N–C) groups is 1. The number of rotatable bonds is 2. The Morgan fingerprint density at radius 1 is 1.08 bits per heavy atom. The van der Waals surface area contributed by atoms with Gasteiger partial charge in [0.05, 0.1) is 0 Å². The van der Waals surface area contributed by atoms with Crippen molar-refractivity contribution < 1.29 is 4.79 Å². The van der Waals surface area contributed by atoms with Gasteiger partial charge in [0.1, 0.15) is 0 Å². The normalized spacial score (nSPS) is 16.5. The van der Waals surface area contributed by atoms with Crippen molar-refractivity contribution in [3.05, 3.63) is 93.7 Å². The van der Waals surface area contributed by atoms with Crippen molar-refractivity contribution in [2.24, 2.45) is 4.99 Å². The molecule has 2 aliphatic carbocycles. The summed E-state index contributed by atoms with van der Waals surface area (Å²) in [7, 11) is 0. The molecule has 2 aliphatic rings. The Bertz CT molecular complexity index is 829. The Labute approximate surface area is 157 Å². The van der Waals surface area contributed by atoms with Crippen molar-refractivity contribution >= 4 is 42.6 Å². The van der Waals surface area contributed by atoms with Gasteiger partial charge in [-0.05, 0) is 0 Å². The fraction of sp³-hybridized carbons (Fsp3) is 0.0526. The molecule has 1 amide bonds. The number of benzene rings is 1. The van der Waals surface area contributed by atoms with Crippen molar-refractivity contribution in [3.63, 3.8) is 0 Å². The van der Waals surface area contributed by atoms with Gasteiger partial charge in [-0.3, -0.25) is 0 Å². The second-order valence-electron chi connectivity index (χ2n) is 5.24. The first kappa shape index (κ1) is 16.9. The zero-order valence-electron chi connectivity index (χ0n) is 12.7. The predicted octanol–water partition coefficient (Wildman–Crippen LogP) is 3.97. The molecule has 24 heavy (non-hydrogen) atoms. The van der Waals surface area contributed by atoms with E-state index < -0.39 is 0 Å². The van der Waals surface area contributed by atoms with Gasteiger partial charge in [0, 0.05) is 0 Å². The summed E-state index contributed by atoms with van der Waals surface area (Å²) >= 11 is 6.15. The van der Waals surface area contributed by atoms with Crippen LogP contribution in [0.1, 0.15) is 16.8 Å². The molecule has 0 fully saturated rings. The van der Waals surface area contributed by atoms with Crippen molar-refractivity contribution in [1.82, 2.24) is 5.32 Å². The van der Waals surface area contributed by atoms with E-state index in [0.717, 1.165) is 16.6 Å². The number of hydrogen-bond acceptors (Lipinski definition) is 2. The van der Waals surface area contributed by atoms with E-state index in [1.165, 1.54) is 11.1 Å². The molecule has 0 aliphatic heterocycles. The van der Waals surface area contributed by atoms with Gasteiger partial charge in [-0.25, -0.2) is 0 Å². The van der Waals surface area contributed by atoms with Gasteiger partial charge >= 0.3 is 158 Å². The number of nitrogens with one attached hydrogen (secondary N) is 1. The van der Waals surface area contributed by atoms with Crippen LogP contribution in [0.25, 0.3) is 0 Å². The average molecular weight is 445 g/mol. The fourth-order valence-corrected chi connectivity index (χ4v) is 3.02. The van der Waals surface area contributed by atoms with Gasteiger partial charge in [0.15, 0.2) is 0 Å². The number of amides is 1. The van der Waals surface area contributed by atoms with Crippen LogP contribution in [0.3, 0.4) is 0 Å². The maximum absolute atomic E-state index is 12.1. The van der Waals surface area contributed by atoms with E-state index >= 15 is 0 Å². The van der Waals surface area contributed by atoms with E-state index in [9.17, 15) is 4.79 Å². The molecule has 0 spiro atoms. The zero-order valence-corrected chi connectivity index (χ0v) is 16.0. The zero-order chi connectivity index (χ0) is 16.9. The standard InChI is InChI=1S/C19H14BrN2OSe/c20-16-9-5-15(6-10-16)18(23)22-19(24)21-17-11-7-14(8-12-17)13-3-1-2-4-13/h1-7,9-12H,8H2,(H,21,22,23). The van der Waals surface area contributed by atoms with E-state index in [1.807, 2.05) is 36.4 Å². The quantitative estimate of drug-likeness (QED) is 0.418. The molecule has 1 aromatic carbocycles. The number of carbonyl (C=O) groups excluding carboxylic acids is 1. The molecule has 0 saturated carbocycles. The molecule has 0 unspecified atom stereocenters. The summed E-state index contributed by atoms with van der Waals surface area (Å²) < 4.78 is 1.39. The third-order valence-corrected chi connectivity index (χ3v) is 4.51. The molecule has 0 atom stereocenters. The summed E-state index contributed by atoms with van der Waals surface area (Å²) in [6.45, 7) is 0. The SMILES string of the molecule is O=C(NC([Se])=NC1=CCC(=C2C=CC=C2)C=C1)c1ccc(Br)cc1. The maximum atomic E-state index is 12.1. The Morgan fingerprint density at radius 3 is 2.42 bits per heavy atom. The molecule has 0 heterocycles. The molecule has 5 heteroatoms.